The van der Waals surface area contributed by atoms with Gasteiger partial charge in [-0.3, -0.25) is 19.0 Å². The van der Waals surface area contributed by atoms with Gasteiger partial charge in [-0.15, -0.1) is 0 Å². The van der Waals surface area contributed by atoms with Crippen LogP contribution in [0.3, 0.4) is 0 Å². The molecule has 2 aromatic rings. The molecule has 8 atom stereocenters. The molecule has 7 rings (SSSR count). The lowest BCUT2D eigenvalue weighted by atomic mass is 9.33. The molecule has 4 saturated carbocycles. The van der Waals surface area contributed by atoms with E-state index in [4.69, 9.17) is 18.9 Å². The number of carboxylic acids is 1. The number of benzene rings is 1. The van der Waals surface area contributed by atoms with Gasteiger partial charge in [-0.25, -0.2) is 8.42 Å². The topological polar surface area (TPSA) is 195 Å². The van der Waals surface area contributed by atoms with Crippen molar-refractivity contribution >= 4 is 27.7 Å². The molecule has 15 heteroatoms. The number of aliphatic carboxylic acids is 1. The third kappa shape index (κ3) is 7.77. The molecule has 0 saturated heterocycles. The van der Waals surface area contributed by atoms with Crippen molar-refractivity contribution < 1.29 is 56.4 Å². The quantitative estimate of drug-likeness (QED) is 0.0842. The highest BCUT2D eigenvalue weighted by molar-refractivity contribution is 7.91. The van der Waals surface area contributed by atoms with E-state index in [1.165, 1.54) is 29.8 Å². The molecule has 4 fully saturated rings. The van der Waals surface area contributed by atoms with Gasteiger partial charge in [0.25, 0.3) is 9.84 Å². The van der Waals surface area contributed by atoms with Gasteiger partial charge in [-0.1, -0.05) is 78.3 Å². The van der Waals surface area contributed by atoms with Crippen molar-refractivity contribution in [2.24, 2.45) is 50.2 Å². The molecule has 1 N–H and O–H groups in total. The van der Waals surface area contributed by atoms with Crippen LogP contribution in [-0.2, 0) is 38.4 Å². The van der Waals surface area contributed by atoms with Gasteiger partial charge in [0.2, 0.25) is 0 Å². The van der Waals surface area contributed by atoms with Crippen LogP contribution in [0.1, 0.15) is 126 Å². The van der Waals surface area contributed by atoms with Crippen LogP contribution in [-0.4, -0.2) is 69.1 Å². The first kappa shape index (κ1) is 45.1. The Morgan fingerprint density at radius 2 is 1.56 bits per heavy atom. The van der Waals surface area contributed by atoms with Gasteiger partial charge in [0.05, 0.1) is 41.5 Å². The first-order chi connectivity index (χ1) is 28.6. The second kappa shape index (κ2) is 16.3. The van der Waals surface area contributed by atoms with E-state index in [0.29, 0.717) is 11.8 Å². The van der Waals surface area contributed by atoms with Crippen molar-refractivity contribution in [1.82, 2.24) is 5.16 Å². The first-order valence-electron chi connectivity index (χ1n) is 22.0. The lowest BCUT2D eigenvalue weighted by Gasteiger charge is -2.71. The minimum atomic E-state index is -4.25. The Balaban J connectivity index is 0.875. The highest BCUT2D eigenvalue weighted by Crippen LogP contribution is 2.76. The summed E-state index contributed by atoms with van der Waals surface area (Å²) in [5.74, 6) is -1.26. The van der Waals surface area contributed by atoms with E-state index in [2.05, 4.69) is 64.3 Å². The van der Waals surface area contributed by atoms with E-state index >= 15 is 0 Å². The molecule has 1 aromatic carbocycles. The van der Waals surface area contributed by atoms with Gasteiger partial charge in [-0.2, -0.15) is 0 Å². The van der Waals surface area contributed by atoms with Crippen molar-refractivity contribution in [3.05, 3.63) is 47.2 Å². The zero-order valence-electron chi connectivity index (χ0n) is 36.8. The number of aromatic nitrogens is 2. The number of esters is 2. The first-order valence-corrected chi connectivity index (χ1v) is 23.5. The second-order valence-electron chi connectivity index (χ2n) is 20.6. The maximum absolute atomic E-state index is 13.2. The number of sulfone groups is 1. The molecule has 0 spiro atoms. The second-order valence-corrected chi connectivity index (χ2v) is 22.4. The standard InChI is InChI=1S/C46H64N2O12S/c1-41(2)21-23-46(40(51)52)24-22-44(6)31(32(46)29-41)13-14-34-43(5)19-18-35(42(3,4)33(43)17-20-45(34,44)7)59-37(50)16-15-36(49)57-27-25-56-26-28-58-38-39(48(53)60-47-38)61(54,55)30-11-9-8-10-12-30/h8-13,32-35H,14-29H2,1-7H3,(H,51,52)/t32-,33-,34+,35-,43-,44+,45+,46-/m0/s1. The number of hydrogen-bond donors (Lipinski definition) is 1. The molecule has 0 amide bonds. The average Bonchev–Trinajstić information content (AvgIpc) is 3.58. The molecule has 1 aromatic heterocycles. The number of carboxylic acid groups (broad SMARTS) is 1. The Bertz CT molecular complexity index is 2130. The monoisotopic (exact) mass is 868 g/mol. The van der Waals surface area contributed by atoms with Gasteiger partial charge < -0.3 is 29.3 Å². The van der Waals surface area contributed by atoms with E-state index in [9.17, 15) is 33.1 Å². The average molecular weight is 869 g/mol. The number of allylic oxidation sites excluding steroid dienone is 2. The fraction of sp³-hybridized carbons (Fsp3) is 0.717. The van der Waals surface area contributed by atoms with Crippen LogP contribution < -0.4 is 9.64 Å². The van der Waals surface area contributed by atoms with E-state index < -0.39 is 44.1 Å². The molecule has 5 aliphatic carbocycles. The molecule has 5 aliphatic rings. The molecule has 0 unspecified atom stereocenters. The summed E-state index contributed by atoms with van der Waals surface area (Å²) >= 11 is 0. The third-order valence-electron chi connectivity index (χ3n) is 16.6. The van der Waals surface area contributed by atoms with E-state index in [0.717, 1.165) is 64.2 Å². The molecule has 336 valence electrons. The number of hydrogen-bond acceptors (Lipinski definition) is 12. The van der Waals surface area contributed by atoms with Crippen LogP contribution in [0.4, 0.5) is 0 Å². The number of rotatable bonds is 14. The lowest BCUT2D eigenvalue weighted by molar-refractivity contribution is -0.832. The van der Waals surface area contributed by atoms with Crippen LogP contribution in [0, 0.1) is 55.5 Å². The van der Waals surface area contributed by atoms with Crippen molar-refractivity contribution in [3.63, 3.8) is 0 Å². The summed E-state index contributed by atoms with van der Waals surface area (Å²) in [5, 5.41) is 25.4. The van der Waals surface area contributed by atoms with Gasteiger partial charge >= 0.3 is 28.8 Å². The summed E-state index contributed by atoms with van der Waals surface area (Å²) in [6.07, 6.45) is 11.0. The zero-order chi connectivity index (χ0) is 44.2. The van der Waals surface area contributed by atoms with Crippen LogP contribution >= 0.6 is 0 Å². The number of carbonyl (C=O) groups is 3. The molecular weight excluding hydrogens is 805 g/mol. The Morgan fingerprint density at radius 1 is 0.869 bits per heavy atom. The summed E-state index contributed by atoms with van der Waals surface area (Å²) in [4.78, 5) is 38.4. The Kier molecular flexibility index (Phi) is 12.0. The van der Waals surface area contributed by atoms with Gasteiger partial charge in [0.1, 0.15) is 19.3 Å². The largest absolute Gasteiger partial charge is 0.481 e. The Morgan fingerprint density at radius 3 is 2.28 bits per heavy atom. The predicted molar refractivity (Wildman–Crippen MR) is 220 cm³/mol. The highest BCUT2D eigenvalue weighted by Gasteiger charge is 2.69. The zero-order valence-corrected chi connectivity index (χ0v) is 37.6. The SMILES string of the molecule is CC1(C)CC[C@]2(C(=O)O)CC[C@]3(C)C(=CC[C@@H]4[C@@]5(C)CC[C@H](OC(=O)CCC(=O)OCCOCCOc6no[n+]([O-])c6S(=O)(=O)c6ccccc6)C(C)(C)[C@@H]5CC[C@]43C)[C@@H]2C1. The molecule has 0 radical (unpaired) electrons. The maximum atomic E-state index is 13.2. The summed E-state index contributed by atoms with van der Waals surface area (Å²) < 4.78 is 52.5. The molecule has 61 heavy (non-hydrogen) atoms. The summed E-state index contributed by atoms with van der Waals surface area (Å²) in [5.41, 5.74) is 0.596. The van der Waals surface area contributed by atoms with Crippen LogP contribution in [0.15, 0.2) is 56.5 Å². The molecule has 14 nitrogen and oxygen atoms in total. The third-order valence-corrected chi connectivity index (χ3v) is 18.3. The number of carbonyl (C=O) groups excluding carboxylic acids is 2. The summed E-state index contributed by atoms with van der Waals surface area (Å²) in [6.45, 7) is 16.3. The summed E-state index contributed by atoms with van der Waals surface area (Å²) in [6, 6.07) is 7.35. The molecule has 0 aliphatic heterocycles. The lowest BCUT2D eigenvalue weighted by Crippen LogP contribution is -2.65. The minimum Gasteiger partial charge on any atom is -0.481 e. The molecular formula is C46H64N2O12S. The number of fused-ring (bicyclic) bond motifs is 7. The Hall–Kier alpha value is -3.98. The van der Waals surface area contributed by atoms with E-state index in [-0.39, 0.29) is 88.2 Å². The fourth-order valence-electron chi connectivity index (χ4n) is 13.1. The normalized spacial score (nSPS) is 33.7. The van der Waals surface area contributed by atoms with Gasteiger partial charge in [0.15, 0.2) is 0 Å². The highest BCUT2D eigenvalue weighted by atomic mass is 32.2. The minimum absolute atomic E-state index is 0.0175. The molecule has 0 bridgehead atoms. The van der Waals surface area contributed by atoms with Crippen LogP contribution in [0.2, 0.25) is 0 Å². The van der Waals surface area contributed by atoms with Crippen molar-refractivity contribution in [2.45, 2.75) is 142 Å². The van der Waals surface area contributed by atoms with Crippen LogP contribution in [0.25, 0.3) is 0 Å². The maximum Gasteiger partial charge on any atom is 0.415 e. The van der Waals surface area contributed by atoms with E-state index in [1.807, 2.05) is 0 Å². The van der Waals surface area contributed by atoms with Crippen LogP contribution in [0.5, 0.6) is 5.88 Å². The number of nitrogens with zero attached hydrogens (tertiary/aromatic N) is 2. The van der Waals surface area contributed by atoms with Gasteiger partial charge in [-0.05, 0) is 121 Å². The predicted octanol–water partition coefficient (Wildman–Crippen LogP) is 7.66. The van der Waals surface area contributed by atoms with Crippen molar-refractivity contribution in [1.29, 1.82) is 0 Å². The fourth-order valence-corrected chi connectivity index (χ4v) is 14.4. The number of ether oxygens (including phenoxy) is 4. The molecule has 1 heterocycles. The smallest absolute Gasteiger partial charge is 0.415 e. The van der Waals surface area contributed by atoms with Crippen molar-refractivity contribution in [2.75, 3.05) is 26.4 Å². The van der Waals surface area contributed by atoms with Gasteiger partial charge in [0, 0.05) is 5.41 Å². The van der Waals surface area contributed by atoms with E-state index in [1.54, 1.807) is 6.07 Å². The Labute approximate surface area is 359 Å². The summed E-state index contributed by atoms with van der Waals surface area (Å²) in [7, 11) is -4.25. The van der Waals surface area contributed by atoms with Crippen molar-refractivity contribution in [3.8, 4) is 5.88 Å².